The number of fused-ring (bicyclic) bond motifs is 1. The van der Waals surface area contributed by atoms with Crippen LogP contribution in [0.3, 0.4) is 0 Å². The zero-order chi connectivity index (χ0) is 17.8. The molecule has 130 valence electrons. The van der Waals surface area contributed by atoms with E-state index in [9.17, 15) is 4.79 Å². The van der Waals surface area contributed by atoms with Crippen molar-refractivity contribution in [1.82, 2.24) is 9.97 Å². The molecule has 0 aliphatic heterocycles. The van der Waals surface area contributed by atoms with Crippen LogP contribution in [0.25, 0.3) is 11.0 Å². The number of halogens is 2. The van der Waals surface area contributed by atoms with Crippen LogP contribution in [0.1, 0.15) is 24.2 Å². The summed E-state index contributed by atoms with van der Waals surface area (Å²) in [6.07, 6.45) is 1.87. The van der Waals surface area contributed by atoms with Gasteiger partial charge in [0.25, 0.3) is 0 Å². The van der Waals surface area contributed by atoms with Crippen LogP contribution >= 0.6 is 23.2 Å². The number of nitrogens with one attached hydrogen (secondary N) is 1. The third kappa shape index (κ3) is 4.82. The van der Waals surface area contributed by atoms with Gasteiger partial charge in [-0.1, -0.05) is 41.4 Å². The van der Waals surface area contributed by atoms with E-state index in [0.29, 0.717) is 35.7 Å². The number of nitrogens with zero attached hydrogens (tertiary/aromatic N) is 1. The van der Waals surface area contributed by atoms with E-state index >= 15 is 0 Å². The molecule has 3 rings (SSSR count). The molecular formula is C19H19Cl2N3O. The van der Waals surface area contributed by atoms with Crippen LogP contribution in [0, 0.1) is 0 Å². The van der Waals surface area contributed by atoms with Crippen LogP contribution in [-0.4, -0.2) is 21.8 Å². The van der Waals surface area contributed by atoms with Crippen LogP contribution in [0.4, 0.5) is 0 Å². The molecule has 1 atom stereocenters. The number of Topliss-reactive ketones (excluding diaryl/α,β-unsaturated/α-hetero) is 1. The zero-order valence-corrected chi connectivity index (χ0v) is 15.1. The number of aromatic nitrogens is 2. The number of aryl methyl sites for hydroxylation is 1. The maximum Gasteiger partial charge on any atom is 0.134 e. The Hall–Kier alpha value is -1.88. The van der Waals surface area contributed by atoms with Crippen LogP contribution < -0.4 is 5.73 Å². The van der Waals surface area contributed by atoms with Crippen molar-refractivity contribution in [2.75, 3.05) is 0 Å². The van der Waals surface area contributed by atoms with Gasteiger partial charge in [0.1, 0.15) is 11.6 Å². The summed E-state index contributed by atoms with van der Waals surface area (Å²) >= 11 is 12.0. The van der Waals surface area contributed by atoms with Crippen LogP contribution in [-0.2, 0) is 17.6 Å². The Kier molecular flexibility index (Phi) is 5.74. The highest BCUT2D eigenvalue weighted by Gasteiger charge is 2.13. The van der Waals surface area contributed by atoms with E-state index in [1.807, 2.05) is 30.3 Å². The van der Waals surface area contributed by atoms with Crippen molar-refractivity contribution < 1.29 is 4.79 Å². The van der Waals surface area contributed by atoms with E-state index in [1.54, 1.807) is 12.1 Å². The molecular weight excluding hydrogens is 357 g/mol. The predicted octanol–water partition coefficient (Wildman–Crippen LogP) is 4.33. The number of aromatic amines is 1. The Morgan fingerprint density at radius 1 is 1.20 bits per heavy atom. The second-order valence-corrected chi connectivity index (χ2v) is 6.99. The first-order valence-corrected chi connectivity index (χ1v) is 8.91. The van der Waals surface area contributed by atoms with Gasteiger partial charge in [-0.05, 0) is 36.2 Å². The number of carbonyl (C=O) groups is 1. The van der Waals surface area contributed by atoms with Gasteiger partial charge in [0.15, 0.2) is 0 Å². The third-order valence-electron chi connectivity index (χ3n) is 4.07. The number of nitrogens with two attached hydrogens (primary N) is 1. The van der Waals surface area contributed by atoms with Gasteiger partial charge >= 0.3 is 0 Å². The smallest absolute Gasteiger partial charge is 0.134 e. The largest absolute Gasteiger partial charge is 0.342 e. The van der Waals surface area contributed by atoms with E-state index in [2.05, 4.69) is 9.97 Å². The molecule has 0 unspecified atom stereocenters. The van der Waals surface area contributed by atoms with Crippen molar-refractivity contribution in [3.63, 3.8) is 0 Å². The van der Waals surface area contributed by atoms with Crippen molar-refractivity contribution in [2.24, 2.45) is 5.73 Å². The zero-order valence-electron chi connectivity index (χ0n) is 13.6. The van der Waals surface area contributed by atoms with Gasteiger partial charge in [-0.15, -0.1) is 0 Å². The number of hydrogen-bond donors (Lipinski definition) is 2. The van der Waals surface area contributed by atoms with Gasteiger partial charge in [0.2, 0.25) is 0 Å². The minimum absolute atomic E-state index is 0.123. The lowest BCUT2D eigenvalue weighted by Crippen LogP contribution is -2.26. The molecule has 0 aliphatic carbocycles. The van der Waals surface area contributed by atoms with E-state index < -0.39 is 0 Å². The third-order valence-corrected chi connectivity index (χ3v) is 4.65. The lowest BCUT2D eigenvalue weighted by molar-refractivity contribution is -0.119. The first-order valence-electron chi connectivity index (χ1n) is 8.16. The first kappa shape index (κ1) is 17.9. The SMILES string of the molecule is N[C@H](CC(=O)CCc1nc2ccccc2[nH]1)Cc1ccc(Cl)cc1Cl. The van der Waals surface area contributed by atoms with Crippen molar-refractivity contribution in [3.8, 4) is 0 Å². The molecule has 25 heavy (non-hydrogen) atoms. The van der Waals surface area contributed by atoms with Crippen LogP contribution in [0.2, 0.25) is 10.0 Å². The van der Waals surface area contributed by atoms with Crippen LogP contribution in [0.15, 0.2) is 42.5 Å². The number of benzene rings is 2. The molecule has 4 nitrogen and oxygen atoms in total. The molecule has 0 saturated carbocycles. The summed E-state index contributed by atoms with van der Waals surface area (Å²) < 4.78 is 0. The van der Waals surface area contributed by atoms with Crippen molar-refractivity contribution in [3.05, 3.63) is 63.9 Å². The Balaban J connectivity index is 1.51. The Morgan fingerprint density at radius 3 is 2.76 bits per heavy atom. The number of para-hydroxylation sites is 2. The van der Waals surface area contributed by atoms with Gasteiger partial charge in [-0.2, -0.15) is 0 Å². The molecule has 0 aliphatic rings. The molecule has 0 amide bonds. The highest BCUT2D eigenvalue weighted by molar-refractivity contribution is 6.35. The quantitative estimate of drug-likeness (QED) is 0.645. The molecule has 3 N–H and O–H groups in total. The number of H-pyrrole nitrogens is 1. The van der Waals surface area contributed by atoms with E-state index in [-0.39, 0.29) is 11.8 Å². The summed E-state index contributed by atoms with van der Waals surface area (Å²) in [5.41, 5.74) is 8.92. The van der Waals surface area contributed by atoms with Gasteiger partial charge in [-0.25, -0.2) is 4.98 Å². The number of ketones is 1. The Bertz CT molecular complexity index is 858. The molecule has 0 saturated heterocycles. The topological polar surface area (TPSA) is 71.8 Å². The summed E-state index contributed by atoms with van der Waals surface area (Å²) in [5, 5.41) is 1.17. The predicted molar refractivity (Wildman–Crippen MR) is 102 cm³/mol. The molecule has 6 heteroatoms. The van der Waals surface area contributed by atoms with Crippen molar-refractivity contribution in [2.45, 2.75) is 31.7 Å². The summed E-state index contributed by atoms with van der Waals surface area (Å²) in [7, 11) is 0. The van der Waals surface area contributed by atoms with E-state index in [1.165, 1.54) is 0 Å². The molecule has 3 aromatic rings. The molecule has 0 bridgehead atoms. The average molecular weight is 376 g/mol. The molecule has 0 radical (unpaired) electrons. The average Bonchev–Trinajstić information content (AvgIpc) is 2.98. The second-order valence-electron chi connectivity index (χ2n) is 6.14. The summed E-state index contributed by atoms with van der Waals surface area (Å²) in [5.74, 6) is 0.946. The monoisotopic (exact) mass is 375 g/mol. The molecule has 0 spiro atoms. The van der Waals surface area contributed by atoms with E-state index in [0.717, 1.165) is 22.4 Å². The lowest BCUT2D eigenvalue weighted by atomic mass is 10.00. The Morgan fingerprint density at radius 2 is 2.00 bits per heavy atom. The first-order chi connectivity index (χ1) is 12.0. The van der Waals surface area contributed by atoms with Crippen molar-refractivity contribution >= 4 is 40.0 Å². The van der Waals surface area contributed by atoms with Gasteiger partial charge in [0, 0.05) is 35.3 Å². The van der Waals surface area contributed by atoms with Crippen molar-refractivity contribution in [1.29, 1.82) is 0 Å². The fourth-order valence-electron chi connectivity index (χ4n) is 2.82. The summed E-state index contributed by atoms with van der Waals surface area (Å²) in [6, 6.07) is 12.9. The fourth-order valence-corrected chi connectivity index (χ4v) is 3.30. The number of rotatable bonds is 7. The number of imidazole rings is 1. The molecule has 1 aromatic heterocycles. The minimum atomic E-state index is -0.262. The molecule has 0 fully saturated rings. The highest BCUT2D eigenvalue weighted by atomic mass is 35.5. The minimum Gasteiger partial charge on any atom is -0.342 e. The molecule has 2 aromatic carbocycles. The summed E-state index contributed by atoms with van der Waals surface area (Å²) in [6.45, 7) is 0. The number of hydrogen-bond acceptors (Lipinski definition) is 3. The lowest BCUT2D eigenvalue weighted by Gasteiger charge is -2.12. The van der Waals surface area contributed by atoms with Gasteiger partial charge in [0.05, 0.1) is 11.0 Å². The standard InChI is InChI=1S/C19H19Cl2N3O/c20-13-6-5-12(16(21)10-13)9-14(22)11-15(25)7-8-19-23-17-3-1-2-4-18(17)24-19/h1-6,10,14H,7-9,11,22H2,(H,23,24)/t14-/m0/s1. The molecule has 1 heterocycles. The second kappa shape index (κ2) is 8.00. The maximum atomic E-state index is 12.2. The normalized spacial score (nSPS) is 12.4. The fraction of sp³-hybridized carbons (Fsp3) is 0.263. The van der Waals surface area contributed by atoms with Gasteiger partial charge < -0.3 is 10.7 Å². The number of carbonyl (C=O) groups excluding carboxylic acids is 1. The van der Waals surface area contributed by atoms with Crippen LogP contribution in [0.5, 0.6) is 0 Å². The Labute approximate surface area is 156 Å². The maximum absolute atomic E-state index is 12.2. The highest BCUT2D eigenvalue weighted by Crippen LogP contribution is 2.22. The van der Waals surface area contributed by atoms with E-state index in [4.69, 9.17) is 28.9 Å². The summed E-state index contributed by atoms with van der Waals surface area (Å²) in [4.78, 5) is 19.9. The van der Waals surface area contributed by atoms with Gasteiger partial charge in [-0.3, -0.25) is 4.79 Å².